The van der Waals surface area contributed by atoms with Gasteiger partial charge < -0.3 is 0 Å². The van der Waals surface area contributed by atoms with Crippen LogP contribution in [0.25, 0.3) is 0 Å². The van der Waals surface area contributed by atoms with Crippen LogP contribution in [0, 0.1) is 5.92 Å². The molecule has 1 radical (unpaired) electrons. The fourth-order valence-electron chi connectivity index (χ4n) is 3.01. The summed E-state index contributed by atoms with van der Waals surface area (Å²) in [6.45, 7) is 15.0. The van der Waals surface area contributed by atoms with Gasteiger partial charge in [-0.1, -0.05) is 80.3 Å². The van der Waals surface area contributed by atoms with Crippen LogP contribution in [0.2, 0.25) is 0 Å². The van der Waals surface area contributed by atoms with E-state index in [1.165, 1.54) is 24.9 Å². The Morgan fingerprint density at radius 3 is 1.67 bits per heavy atom. The average molecular weight is 413 g/mol. The summed E-state index contributed by atoms with van der Waals surface area (Å²) in [7, 11) is 0. The fraction of sp³-hybridized carbons (Fsp3) is 0.727. The molecule has 0 aromatic heterocycles. The third-order valence-electron chi connectivity index (χ3n) is 4.24. The summed E-state index contributed by atoms with van der Waals surface area (Å²) < 4.78 is 0. The fourth-order valence-corrected chi connectivity index (χ4v) is 3.01. The molecule has 2 rings (SSSR count). The van der Waals surface area contributed by atoms with E-state index in [2.05, 4.69) is 70.7 Å². The van der Waals surface area contributed by atoms with Crippen LogP contribution in [0.15, 0.2) is 30.3 Å². The molecule has 0 bridgehead atoms. The van der Waals surface area contributed by atoms with Gasteiger partial charge in [-0.05, 0) is 50.6 Å². The standard InChI is InChI=1S/C10H21N.C9H12.3CH4.Y/c1-8(2)10-6-5-7-11(10)9(3)4;1-8(2)9-6-4-3-5-7-9;;;;/h8-10H,5-7H2,1-4H3;3-8H,1-2H3;3*1H4;. The minimum atomic E-state index is 0. The monoisotopic (exact) mass is 412 g/mol. The zero-order valence-electron chi connectivity index (χ0n) is 14.8. The van der Waals surface area contributed by atoms with Gasteiger partial charge in [0.25, 0.3) is 0 Å². The molecular formula is C22H45NY. The smallest absolute Gasteiger partial charge is 0.0121 e. The number of hydrogen-bond acceptors (Lipinski definition) is 1. The van der Waals surface area contributed by atoms with Gasteiger partial charge in [-0.2, -0.15) is 0 Å². The van der Waals surface area contributed by atoms with Gasteiger partial charge in [-0.25, -0.2) is 0 Å². The molecular weight excluding hydrogens is 367 g/mol. The van der Waals surface area contributed by atoms with Crippen molar-refractivity contribution in [2.45, 2.75) is 94.7 Å². The summed E-state index contributed by atoms with van der Waals surface area (Å²) >= 11 is 0. The zero-order chi connectivity index (χ0) is 15.1. The van der Waals surface area contributed by atoms with Gasteiger partial charge in [-0.15, -0.1) is 0 Å². The number of rotatable bonds is 3. The van der Waals surface area contributed by atoms with Crippen LogP contribution >= 0.6 is 0 Å². The molecule has 0 aliphatic carbocycles. The molecule has 1 aromatic rings. The molecule has 1 saturated heterocycles. The van der Waals surface area contributed by atoms with Crippen molar-refractivity contribution in [3.05, 3.63) is 35.9 Å². The van der Waals surface area contributed by atoms with E-state index in [1.807, 2.05) is 6.07 Å². The zero-order valence-corrected chi connectivity index (χ0v) is 17.7. The molecule has 1 heterocycles. The van der Waals surface area contributed by atoms with E-state index in [1.54, 1.807) is 0 Å². The quantitative estimate of drug-likeness (QED) is 0.506. The third kappa shape index (κ3) is 11.0. The van der Waals surface area contributed by atoms with E-state index in [0.29, 0.717) is 5.92 Å². The van der Waals surface area contributed by atoms with Crippen molar-refractivity contribution in [3.63, 3.8) is 0 Å². The van der Waals surface area contributed by atoms with Crippen molar-refractivity contribution in [1.29, 1.82) is 0 Å². The van der Waals surface area contributed by atoms with Gasteiger partial charge in [0.05, 0.1) is 0 Å². The first kappa shape index (κ1) is 32.0. The number of benzene rings is 1. The Bertz CT molecular complexity index is 345. The van der Waals surface area contributed by atoms with Crippen molar-refractivity contribution in [3.8, 4) is 0 Å². The molecule has 1 fully saturated rings. The normalized spacial score (nSPS) is 16.3. The molecule has 0 spiro atoms. The van der Waals surface area contributed by atoms with Crippen molar-refractivity contribution in [1.82, 2.24) is 4.90 Å². The largest absolute Gasteiger partial charge is 0.298 e. The summed E-state index contributed by atoms with van der Waals surface area (Å²) in [6.07, 6.45) is 2.82. The second kappa shape index (κ2) is 16.7. The Morgan fingerprint density at radius 1 is 0.875 bits per heavy atom. The van der Waals surface area contributed by atoms with Crippen LogP contribution in [0.1, 0.15) is 88.1 Å². The number of nitrogens with zero attached hydrogens (tertiary/aromatic N) is 1. The van der Waals surface area contributed by atoms with E-state index in [0.717, 1.165) is 18.0 Å². The molecule has 1 unspecified atom stereocenters. The van der Waals surface area contributed by atoms with Crippen molar-refractivity contribution in [2.24, 2.45) is 5.92 Å². The second-order valence-electron chi connectivity index (χ2n) is 6.85. The van der Waals surface area contributed by atoms with Crippen molar-refractivity contribution < 1.29 is 32.7 Å². The molecule has 1 nitrogen and oxygen atoms in total. The molecule has 24 heavy (non-hydrogen) atoms. The Balaban J connectivity index is -0.000000145. The SMILES string of the molecule is C.C.C.CC(C)C1CCCN1C(C)C.CC(C)c1ccccc1.[Y]. The predicted octanol–water partition coefficient (Wildman–Crippen LogP) is 7.23. The summed E-state index contributed by atoms with van der Waals surface area (Å²) in [5.41, 5.74) is 1.41. The first-order valence-corrected chi connectivity index (χ1v) is 8.24. The Hall–Kier alpha value is 0.284. The minimum absolute atomic E-state index is 0. The van der Waals surface area contributed by atoms with Crippen LogP contribution in [0.4, 0.5) is 0 Å². The predicted molar refractivity (Wildman–Crippen MR) is 110 cm³/mol. The van der Waals surface area contributed by atoms with Gasteiger partial charge in [0.15, 0.2) is 0 Å². The van der Waals surface area contributed by atoms with Crippen LogP contribution in [0.5, 0.6) is 0 Å². The molecule has 1 aliphatic rings. The first-order valence-electron chi connectivity index (χ1n) is 8.24. The number of likely N-dealkylation sites (tertiary alicyclic amines) is 1. The average Bonchev–Trinajstić information content (AvgIpc) is 2.90. The Kier molecular flexibility index (Phi) is 22.3. The van der Waals surface area contributed by atoms with E-state index in [9.17, 15) is 0 Å². The van der Waals surface area contributed by atoms with Crippen LogP contribution in [0.3, 0.4) is 0 Å². The molecule has 0 amide bonds. The molecule has 1 atom stereocenters. The van der Waals surface area contributed by atoms with E-state index in [-0.39, 0.29) is 55.0 Å². The minimum Gasteiger partial charge on any atom is -0.298 e. The van der Waals surface area contributed by atoms with E-state index in [4.69, 9.17) is 0 Å². The maximum absolute atomic E-state index is 2.64. The Labute approximate surface area is 179 Å². The van der Waals surface area contributed by atoms with Crippen LogP contribution < -0.4 is 0 Å². The molecule has 141 valence electrons. The first-order chi connectivity index (χ1) is 9.43. The summed E-state index contributed by atoms with van der Waals surface area (Å²) in [4.78, 5) is 2.64. The maximum atomic E-state index is 2.64. The molecule has 1 aromatic carbocycles. The van der Waals surface area contributed by atoms with Gasteiger partial charge >= 0.3 is 0 Å². The summed E-state index contributed by atoms with van der Waals surface area (Å²) in [6, 6.07) is 12.1. The third-order valence-corrected chi connectivity index (χ3v) is 4.24. The maximum Gasteiger partial charge on any atom is 0.0121 e. The van der Waals surface area contributed by atoms with Gasteiger partial charge in [-0.3, -0.25) is 4.90 Å². The second-order valence-corrected chi connectivity index (χ2v) is 6.85. The van der Waals surface area contributed by atoms with Crippen molar-refractivity contribution in [2.75, 3.05) is 6.54 Å². The van der Waals surface area contributed by atoms with Gasteiger partial charge in [0.2, 0.25) is 0 Å². The van der Waals surface area contributed by atoms with E-state index >= 15 is 0 Å². The molecule has 0 N–H and O–H groups in total. The van der Waals surface area contributed by atoms with Gasteiger partial charge in [0.1, 0.15) is 0 Å². The molecule has 2 heteroatoms. The van der Waals surface area contributed by atoms with Crippen molar-refractivity contribution >= 4 is 0 Å². The molecule has 0 saturated carbocycles. The summed E-state index contributed by atoms with van der Waals surface area (Å²) in [5.74, 6) is 1.49. The van der Waals surface area contributed by atoms with Crippen LogP contribution in [-0.4, -0.2) is 23.5 Å². The van der Waals surface area contributed by atoms with Crippen LogP contribution in [-0.2, 0) is 32.7 Å². The Morgan fingerprint density at radius 2 is 1.38 bits per heavy atom. The number of hydrogen-bond donors (Lipinski definition) is 0. The van der Waals surface area contributed by atoms with E-state index < -0.39 is 0 Å². The molecule has 1 aliphatic heterocycles. The summed E-state index contributed by atoms with van der Waals surface area (Å²) in [5, 5.41) is 0. The topological polar surface area (TPSA) is 3.24 Å². The van der Waals surface area contributed by atoms with Gasteiger partial charge in [0, 0.05) is 44.8 Å².